The molecule has 16 heavy (non-hydrogen) atoms. The Labute approximate surface area is 106 Å². The van der Waals surface area contributed by atoms with Crippen molar-refractivity contribution in [1.82, 2.24) is 4.90 Å². The molecule has 0 aliphatic carbocycles. The van der Waals surface area contributed by atoms with Gasteiger partial charge in [-0.05, 0) is 37.6 Å². The zero-order valence-corrected chi connectivity index (χ0v) is 10.6. The van der Waals surface area contributed by atoms with Crippen LogP contribution in [-0.4, -0.2) is 23.1 Å². The van der Waals surface area contributed by atoms with Gasteiger partial charge in [0.15, 0.2) is 0 Å². The summed E-state index contributed by atoms with van der Waals surface area (Å²) < 4.78 is 0. The van der Waals surface area contributed by atoms with Crippen molar-refractivity contribution in [1.29, 1.82) is 0 Å². The van der Waals surface area contributed by atoms with E-state index in [-0.39, 0.29) is 10.8 Å². The number of nitrogens with zero attached hydrogens (tertiary/aromatic N) is 1. The van der Waals surface area contributed by atoms with Gasteiger partial charge in [0.2, 0.25) is 0 Å². The maximum atomic E-state index is 9.40. The molecule has 0 atom stereocenters. The number of benzene rings is 1. The first kappa shape index (κ1) is 12.0. The molecule has 1 N–H and O–H groups in total. The third kappa shape index (κ3) is 2.62. The molecule has 0 spiro atoms. The number of piperidine rings is 1. The van der Waals surface area contributed by atoms with Crippen LogP contribution in [0.3, 0.4) is 0 Å². The molecule has 1 aromatic rings. The average Bonchev–Trinajstić information content (AvgIpc) is 2.31. The molecule has 0 bridgehead atoms. The van der Waals surface area contributed by atoms with Gasteiger partial charge < -0.3 is 5.11 Å². The minimum absolute atomic E-state index is 0.0501. The van der Waals surface area contributed by atoms with Gasteiger partial charge in [-0.1, -0.05) is 35.7 Å². The third-order valence-corrected chi connectivity index (χ3v) is 3.90. The lowest BCUT2D eigenvalue weighted by Crippen LogP contribution is -2.29. The number of phenolic OH excluding ortho intramolecular Hbond substituents is 1. The van der Waals surface area contributed by atoms with Crippen molar-refractivity contribution in [3.63, 3.8) is 0 Å². The van der Waals surface area contributed by atoms with Crippen molar-refractivity contribution in [2.24, 2.45) is 0 Å². The van der Waals surface area contributed by atoms with E-state index in [1.165, 1.54) is 19.3 Å². The van der Waals surface area contributed by atoms with Crippen LogP contribution in [0, 0.1) is 0 Å². The fourth-order valence-corrected chi connectivity index (χ4v) is 2.46. The Morgan fingerprint density at radius 3 is 2.44 bits per heavy atom. The Bertz CT molecular complexity index is 376. The molecule has 1 aliphatic heterocycles. The second-order valence-electron chi connectivity index (χ2n) is 4.21. The first-order valence-electron chi connectivity index (χ1n) is 5.56. The van der Waals surface area contributed by atoms with Crippen LogP contribution < -0.4 is 0 Å². The molecule has 4 heteroatoms. The van der Waals surface area contributed by atoms with E-state index in [0.717, 1.165) is 25.2 Å². The van der Waals surface area contributed by atoms with Crippen LogP contribution >= 0.6 is 23.2 Å². The van der Waals surface area contributed by atoms with E-state index in [1.54, 1.807) is 6.07 Å². The highest BCUT2D eigenvalue weighted by molar-refractivity contribution is 6.43. The van der Waals surface area contributed by atoms with Gasteiger partial charge in [0.25, 0.3) is 0 Å². The van der Waals surface area contributed by atoms with E-state index in [4.69, 9.17) is 23.2 Å². The van der Waals surface area contributed by atoms with Crippen molar-refractivity contribution in [3.8, 4) is 5.75 Å². The number of hydrogen-bond acceptors (Lipinski definition) is 2. The van der Waals surface area contributed by atoms with Gasteiger partial charge in [0.05, 0.1) is 5.02 Å². The van der Waals surface area contributed by atoms with Crippen LogP contribution in [0.4, 0.5) is 0 Å². The summed E-state index contributed by atoms with van der Waals surface area (Å²) in [5.41, 5.74) is 0.992. The average molecular weight is 260 g/mol. The molecular weight excluding hydrogens is 245 g/mol. The maximum absolute atomic E-state index is 9.40. The SMILES string of the molecule is Oc1ccc(CN2CCCCC2)c(Cl)c1Cl. The molecule has 1 heterocycles. The molecule has 0 unspecified atom stereocenters. The molecule has 0 radical (unpaired) electrons. The van der Waals surface area contributed by atoms with Crippen LogP contribution in [-0.2, 0) is 6.54 Å². The summed E-state index contributed by atoms with van der Waals surface area (Å²) in [4.78, 5) is 2.37. The van der Waals surface area contributed by atoms with E-state index >= 15 is 0 Å². The van der Waals surface area contributed by atoms with Gasteiger partial charge in [0, 0.05) is 6.54 Å². The third-order valence-electron chi connectivity index (χ3n) is 2.98. The van der Waals surface area contributed by atoms with Crippen molar-refractivity contribution in [2.75, 3.05) is 13.1 Å². The normalized spacial score (nSPS) is 17.6. The van der Waals surface area contributed by atoms with Crippen LogP contribution in [0.25, 0.3) is 0 Å². The fourth-order valence-electron chi connectivity index (χ4n) is 2.06. The lowest BCUT2D eigenvalue weighted by molar-refractivity contribution is 0.221. The molecule has 88 valence electrons. The zero-order chi connectivity index (χ0) is 11.5. The van der Waals surface area contributed by atoms with Gasteiger partial charge >= 0.3 is 0 Å². The first-order valence-corrected chi connectivity index (χ1v) is 6.32. The number of aromatic hydroxyl groups is 1. The van der Waals surface area contributed by atoms with E-state index in [9.17, 15) is 5.11 Å². The lowest BCUT2D eigenvalue weighted by Gasteiger charge is -2.26. The van der Waals surface area contributed by atoms with Crippen LogP contribution in [0.2, 0.25) is 10.0 Å². The standard InChI is InChI=1S/C12H15Cl2NO/c13-11-9(4-5-10(16)12(11)14)8-15-6-2-1-3-7-15/h4-5,16H,1-3,6-8H2. The van der Waals surface area contributed by atoms with E-state index in [2.05, 4.69) is 4.90 Å². The van der Waals surface area contributed by atoms with Crippen molar-refractivity contribution in [2.45, 2.75) is 25.8 Å². The monoisotopic (exact) mass is 259 g/mol. The predicted molar refractivity (Wildman–Crippen MR) is 67.3 cm³/mol. The quantitative estimate of drug-likeness (QED) is 0.876. The smallest absolute Gasteiger partial charge is 0.135 e. The van der Waals surface area contributed by atoms with Crippen molar-refractivity contribution >= 4 is 23.2 Å². The second kappa shape index (κ2) is 5.26. The molecule has 0 aromatic heterocycles. The van der Waals surface area contributed by atoms with E-state index in [0.29, 0.717) is 5.02 Å². The molecule has 1 saturated heterocycles. The van der Waals surface area contributed by atoms with Gasteiger partial charge in [-0.3, -0.25) is 4.90 Å². The largest absolute Gasteiger partial charge is 0.506 e. The Morgan fingerprint density at radius 2 is 1.75 bits per heavy atom. The summed E-state index contributed by atoms with van der Waals surface area (Å²) in [6.45, 7) is 3.06. The first-order chi connectivity index (χ1) is 7.68. The van der Waals surface area contributed by atoms with Gasteiger partial charge in [-0.2, -0.15) is 0 Å². The maximum Gasteiger partial charge on any atom is 0.135 e. The minimum atomic E-state index is 0.0501. The topological polar surface area (TPSA) is 23.5 Å². The highest BCUT2D eigenvalue weighted by atomic mass is 35.5. The van der Waals surface area contributed by atoms with Crippen molar-refractivity contribution in [3.05, 3.63) is 27.7 Å². The summed E-state index contributed by atoms with van der Waals surface area (Å²) >= 11 is 12.0. The van der Waals surface area contributed by atoms with Crippen LogP contribution in [0.15, 0.2) is 12.1 Å². The van der Waals surface area contributed by atoms with Crippen molar-refractivity contribution < 1.29 is 5.11 Å². The Hall–Kier alpha value is -0.440. The van der Waals surface area contributed by atoms with Gasteiger partial charge in [-0.25, -0.2) is 0 Å². The summed E-state index contributed by atoms with van der Waals surface area (Å²) in [6, 6.07) is 3.45. The Balaban J connectivity index is 2.11. The Morgan fingerprint density at radius 1 is 1.06 bits per heavy atom. The number of hydrogen-bond donors (Lipinski definition) is 1. The summed E-state index contributed by atoms with van der Waals surface area (Å²) in [5.74, 6) is 0.0501. The number of phenols is 1. The minimum Gasteiger partial charge on any atom is -0.506 e. The van der Waals surface area contributed by atoms with Crippen LogP contribution in [0.5, 0.6) is 5.75 Å². The highest BCUT2D eigenvalue weighted by Crippen LogP contribution is 2.34. The molecule has 2 rings (SSSR count). The molecule has 0 amide bonds. The molecule has 1 fully saturated rings. The molecule has 2 nitrogen and oxygen atoms in total. The van der Waals surface area contributed by atoms with Gasteiger partial charge in [-0.15, -0.1) is 0 Å². The molecular formula is C12H15Cl2NO. The number of halogens is 2. The number of likely N-dealkylation sites (tertiary alicyclic amines) is 1. The summed E-state index contributed by atoms with van der Waals surface area (Å²) in [6.07, 6.45) is 3.83. The fraction of sp³-hybridized carbons (Fsp3) is 0.500. The predicted octanol–water partition coefficient (Wildman–Crippen LogP) is 3.68. The molecule has 1 aliphatic rings. The molecule has 1 aromatic carbocycles. The Kier molecular flexibility index (Phi) is 3.95. The van der Waals surface area contributed by atoms with E-state index in [1.807, 2.05) is 6.07 Å². The molecule has 0 saturated carbocycles. The van der Waals surface area contributed by atoms with Crippen LogP contribution in [0.1, 0.15) is 24.8 Å². The number of rotatable bonds is 2. The van der Waals surface area contributed by atoms with E-state index < -0.39 is 0 Å². The lowest BCUT2D eigenvalue weighted by atomic mass is 10.1. The van der Waals surface area contributed by atoms with Gasteiger partial charge in [0.1, 0.15) is 10.8 Å². The highest BCUT2D eigenvalue weighted by Gasteiger charge is 2.14. The zero-order valence-electron chi connectivity index (χ0n) is 9.05. The second-order valence-corrected chi connectivity index (χ2v) is 4.96. The summed E-state index contributed by atoms with van der Waals surface area (Å²) in [5, 5.41) is 10.1. The summed E-state index contributed by atoms with van der Waals surface area (Å²) in [7, 11) is 0.